The van der Waals surface area contributed by atoms with Crippen LogP contribution in [0.2, 0.25) is 0 Å². The van der Waals surface area contributed by atoms with Crippen molar-refractivity contribution in [2.24, 2.45) is 0 Å². The van der Waals surface area contributed by atoms with Crippen LogP contribution in [0.5, 0.6) is 5.75 Å². The molecule has 25 heavy (non-hydrogen) atoms. The third-order valence-electron chi connectivity index (χ3n) is 4.30. The van der Waals surface area contributed by atoms with Gasteiger partial charge in [-0.25, -0.2) is 0 Å². The normalized spacial score (nSPS) is 10.9. The lowest BCUT2D eigenvalue weighted by Gasteiger charge is -2.14. The molecule has 3 aromatic carbocycles. The smallest absolute Gasteiger partial charge is 0.263 e. The van der Waals surface area contributed by atoms with E-state index in [4.69, 9.17) is 4.74 Å². The molecule has 0 aliphatic carbocycles. The Morgan fingerprint density at radius 1 is 0.840 bits per heavy atom. The molecule has 0 unspecified atom stereocenters. The van der Waals surface area contributed by atoms with E-state index in [-0.39, 0.29) is 11.3 Å². The van der Waals surface area contributed by atoms with Crippen LogP contribution >= 0.6 is 0 Å². The number of carbonyl (C=O) groups is 1. The fourth-order valence-corrected chi connectivity index (χ4v) is 3.10. The topological polar surface area (TPSA) is 48.3 Å². The van der Waals surface area contributed by atoms with Crippen molar-refractivity contribution >= 4 is 27.7 Å². The van der Waals surface area contributed by atoms with E-state index in [2.05, 4.69) is 0 Å². The van der Waals surface area contributed by atoms with Crippen molar-refractivity contribution in [3.8, 4) is 5.75 Å². The SMILES string of the molecule is COc1cccc(C(=O)n2c3ccccc3c(=O)c3ccccc32)c1. The lowest BCUT2D eigenvalue weighted by Crippen LogP contribution is -2.18. The largest absolute Gasteiger partial charge is 0.497 e. The van der Waals surface area contributed by atoms with E-state index in [1.807, 2.05) is 12.1 Å². The van der Waals surface area contributed by atoms with Crippen LogP contribution in [-0.4, -0.2) is 17.6 Å². The zero-order valence-electron chi connectivity index (χ0n) is 13.6. The Labute approximate surface area is 143 Å². The fourth-order valence-electron chi connectivity index (χ4n) is 3.10. The number of hydrogen-bond donors (Lipinski definition) is 0. The molecule has 0 saturated heterocycles. The molecule has 0 aliphatic rings. The summed E-state index contributed by atoms with van der Waals surface area (Å²) in [6.45, 7) is 0. The molecule has 4 heteroatoms. The highest BCUT2D eigenvalue weighted by molar-refractivity contribution is 6.08. The fraction of sp³-hybridized carbons (Fsp3) is 0.0476. The van der Waals surface area contributed by atoms with Crippen molar-refractivity contribution in [1.29, 1.82) is 0 Å². The summed E-state index contributed by atoms with van der Waals surface area (Å²) < 4.78 is 6.82. The number of benzene rings is 3. The number of para-hydroxylation sites is 2. The summed E-state index contributed by atoms with van der Waals surface area (Å²) in [7, 11) is 1.56. The van der Waals surface area contributed by atoms with Gasteiger partial charge in [0.15, 0.2) is 5.43 Å². The molecule has 0 N–H and O–H groups in total. The molecule has 0 bridgehead atoms. The van der Waals surface area contributed by atoms with Crippen LogP contribution in [0.25, 0.3) is 21.8 Å². The first kappa shape index (κ1) is 15.1. The van der Waals surface area contributed by atoms with E-state index in [0.29, 0.717) is 33.1 Å². The van der Waals surface area contributed by atoms with E-state index < -0.39 is 0 Å². The standard InChI is InChI=1S/C21H15NO3/c1-25-15-8-6-7-14(13-15)21(24)22-18-11-4-2-9-16(18)20(23)17-10-3-5-12-19(17)22/h2-13H,1H3. The average Bonchev–Trinajstić information content (AvgIpc) is 2.68. The Morgan fingerprint density at radius 3 is 2.04 bits per heavy atom. The van der Waals surface area contributed by atoms with E-state index in [9.17, 15) is 9.59 Å². The number of methoxy groups -OCH3 is 1. The summed E-state index contributed by atoms with van der Waals surface area (Å²) in [5, 5.41) is 1.05. The van der Waals surface area contributed by atoms with Crippen molar-refractivity contribution in [2.45, 2.75) is 0 Å². The molecule has 1 aromatic heterocycles. The van der Waals surface area contributed by atoms with E-state index >= 15 is 0 Å². The second kappa shape index (κ2) is 5.91. The summed E-state index contributed by atoms with van der Waals surface area (Å²) in [6, 6.07) is 21.4. The number of rotatable bonds is 2. The Bertz CT molecular complexity index is 1110. The molecule has 0 radical (unpaired) electrons. The highest BCUT2D eigenvalue weighted by Crippen LogP contribution is 2.22. The molecule has 0 aliphatic heterocycles. The van der Waals surface area contributed by atoms with Crippen molar-refractivity contribution in [2.75, 3.05) is 7.11 Å². The predicted octanol–water partition coefficient (Wildman–Crippen LogP) is 3.85. The van der Waals surface area contributed by atoms with Crippen LogP contribution < -0.4 is 10.2 Å². The number of nitrogens with zero attached hydrogens (tertiary/aromatic N) is 1. The maximum atomic E-state index is 13.3. The summed E-state index contributed by atoms with van der Waals surface area (Å²) in [6.07, 6.45) is 0. The number of carbonyl (C=O) groups excluding carboxylic acids is 1. The van der Waals surface area contributed by atoms with Crippen LogP contribution in [0.1, 0.15) is 10.4 Å². The average molecular weight is 329 g/mol. The van der Waals surface area contributed by atoms with Gasteiger partial charge in [-0.1, -0.05) is 30.3 Å². The van der Waals surface area contributed by atoms with Gasteiger partial charge in [0.05, 0.1) is 18.1 Å². The third kappa shape index (κ3) is 2.39. The Balaban J connectivity index is 2.10. The zero-order valence-corrected chi connectivity index (χ0v) is 13.6. The second-order valence-electron chi connectivity index (χ2n) is 5.74. The summed E-state index contributed by atoms with van der Waals surface area (Å²) in [5.41, 5.74) is 1.62. The molecular weight excluding hydrogens is 314 g/mol. The van der Waals surface area contributed by atoms with Gasteiger partial charge in [-0.05, 0) is 42.5 Å². The van der Waals surface area contributed by atoms with Gasteiger partial charge in [-0.15, -0.1) is 0 Å². The van der Waals surface area contributed by atoms with Gasteiger partial charge in [-0.3, -0.25) is 14.2 Å². The van der Waals surface area contributed by atoms with Crippen molar-refractivity contribution in [3.63, 3.8) is 0 Å². The number of ether oxygens (including phenoxy) is 1. The predicted molar refractivity (Wildman–Crippen MR) is 98.4 cm³/mol. The maximum Gasteiger partial charge on any atom is 0.263 e. The molecule has 0 amide bonds. The van der Waals surface area contributed by atoms with Crippen LogP contribution in [-0.2, 0) is 0 Å². The molecule has 4 aromatic rings. The number of aromatic nitrogens is 1. The minimum Gasteiger partial charge on any atom is -0.497 e. The number of hydrogen-bond acceptors (Lipinski definition) is 3. The van der Waals surface area contributed by atoms with Crippen LogP contribution in [0.4, 0.5) is 0 Å². The third-order valence-corrected chi connectivity index (χ3v) is 4.30. The molecule has 122 valence electrons. The molecule has 0 spiro atoms. The van der Waals surface area contributed by atoms with Gasteiger partial charge < -0.3 is 4.74 Å². The minimum atomic E-state index is -0.202. The van der Waals surface area contributed by atoms with Gasteiger partial charge >= 0.3 is 0 Å². The highest BCUT2D eigenvalue weighted by Gasteiger charge is 2.17. The van der Waals surface area contributed by atoms with E-state index in [1.54, 1.807) is 72.3 Å². The Morgan fingerprint density at radius 2 is 1.44 bits per heavy atom. The molecular formula is C21H15NO3. The van der Waals surface area contributed by atoms with Gasteiger partial charge in [-0.2, -0.15) is 0 Å². The molecule has 1 heterocycles. The maximum absolute atomic E-state index is 13.3. The van der Waals surface area contributed by atoms with Gasteiger partial charge in [0.25, 0.3) is 5.91 Å². The quantitative estimate of drug-likeness (QED) is 0.525. The monoisotopic (exact) mass is 329 g/mol. The lowest BCUT2D eigenvalue weighted by atomic mass is 10.1. The van der Waals surface area contributed by atoms with Crippen LogP contribution in [0.15, 0.2) is 77.6 Å². The van der Waals surface area contributed by atoms with Crippen molar-refractivity contribution in [1.82, 2.24) is 4.57 Å². The Hall–Kier alpha value is -3.40. The van der Waals surface area contributed by atoms with Gasteiger partial charge in [0.1, 0.15) is 5.75 Å². The summed E-state index contributed by atoms with van der Waals surface area (Å²) in [5.74, 6) is 0.409. The molecule has 0 fully saturated rings. The summed E-state index contributed by atoms with van der Waals surface area (Å²) in [4.78, 5) is 26.0. The van der Waals surface area contributed by atoms with Gasteiger partial charge in [0.2, 0.25) is 0 Å². The first-order chi connectivity index (χ1) is 12.2. The Kier molecular flexibility index (Phi) is 3.58. The first-order valence-electron chi connectivity index (χ1n) is 7.92. The summed E-state index contributed by atoms with van der Waals surface area (Å²) >= 11 is 0. The molecule has 0 atom stereocenters. The second-order valence-corrected chi connectivity index (χ2v) is 5.74. The van der Waals surface area contributed by atoms with E-state index in [0.717, 1.165) is 0 Å². The van der Waals surface area contributed by atoms with E-state index in [1.165, 1.54) is 0 Å². The lowest BCUT2D eigenvalue weighted by molar-refractivity contribution is 0.0968. The molecule has 4 nitrogen and oxygen atoms in total. The molecule has 4 rings (SSSR count). The van der Waals surface area contributed by atoms with Gasteiger partial charge in [0, 0.05) is 16.3 Å². The number of fused-ring (bicyclic) bond motifs is 2. The van der Waals surface area contributed by atoms with Crippen LogP contribution in [0, 0.1) is 0 Å². The van der Waals surface area contributed by atoms with Crippen LogP contribution in [0.3, 0.4) is 0 Å². The molecule has 0 saturated carbocycles. The number of pyridine rings is 1. The van der Waals surface area contributed by atoms with Crippen molar-refractivity contribution in [3.05, 3.63) is 88.6 Å². The zero-order chi connectivity index (χ0) is 17.4. The van der Waals surface area contributed by atoms with Crippen molar-refractivity contribution < 1.29 is 9.53 Å². The first-order valence-corrected chi connectivity index (χ1v) is 7.92. The minimum absolute atomic E-state index is 0.0686. The highest BCUT2D eigenvalue weighted by atomic mass is 16.5.